The third-order valence-corrected chi connectivity index (χ3v) is 5.45. The van der Waals surface area contributed by atoms with Gasteiger partial charge in [-0.1, -0.05) is 42.3 Å². The fraction of sp³-hybridized carbons (Fsp3) is 0.250. The minimum atomic E-state index is -0.287. The first-order chi connectivity index (χ1) is 15.0. The van der Waals surface area contributed by atoms with Crippen molar-refractivity contribution >= 4 is 35.3 Å². The Morgan fingerprint density at radius 1 is 1.16 bits per heavy atom. The number of rotatable bonds is 8. The predicted octanol–water partition coefficient (Wildman–Crippen LogP) is 4.48. The second kappa shape index (κ2) is 9.36. The third kappa shape index (κ3) is 5.15. The molecule has 1 N–H and O–H groups in total. The lowest BCUT2D eigenvalue weighted by Gasteiger charge is -2.09. The summed E-state index contributed by atoms with van der Waals surface area (Å²) in [5.74, 6) is 1.75. The van der Waals surface area contributed by atoms with Crippen LogP contribution in [0.5, 0.6) is 0 Å². The largest absolute Gasteiger partial charge is 0.467 e. The van der Waals surface area contributed by atoms with Crippen LogP contribution in [0.1, 0.15) is 31.4 Å². The van der Waals surface area contributed by atoms with Gasteiger partial charge in [0.2, 0.25) is 11.8 Å². The maximum absolute atomic E-state index is 12.4. The summed E-state index contributed by atoms with van der Waals surface area (Å²) in [4.78, 5) is 12.4. The van der Waals surface area contributed by atoms with Crippen molar-refractivity contribution in [3.8, 4) is 11.4 Å². The Balaban J connectivity index is 1.50. The highest BCUT2D eigenvalue weighted by Gasteiger charge is 2.18. The van der Waals surface area contributed by atoms with Crippen molar-refractivity contribution in [3.63, 3.8) is 0 Å². The van der Waals surface area contributed by atoms with E-state index < -0.39 is 0 Å². The number of carbonyl (C=O) groups excluding carboxylic acids is 1. The summed E-state index contributed by atoms with van der Waals surface area (Å²) in [6, 6.07) is 11.1. The molecule has 0 unspecified atom stereocenters. The third-order valence-electron chi connectivity index (χ3n) is 4.23. The second-order valence-electron chi connectivity index (χ2n) is 6.92. The van der Waals surface area contributed by atoms with Gasteiger partial charge in [0.15, 0.2) is 11.0 Å². The number of nitrogens with zero attached hydrogens (tertiary/aromatic N) is 5. The first kappa shape index (κ1) is 21.1. The monoisotopic (exact) mass is 458 g/mol. The lowest BCUT2D eigenvalue weighted by Crippen LogP contribution is -2.15. The van der Waals surface area contributed by atoms with Crippen LogP contribution in [0.4, 0.5) is 6.01 Å². The molecule has 0 radical (unpaired) electrons. The maximum atomic E-state index is 12.4. The fourth-order valence-corrected chi connectivity index (χ4v) is 3.58. The van der Waals surface area contributed by atoms with Crippen molar-refractivity contribution in [3.05, 3.63) is 59.3 Å². The molecule has 1 amide bonds. The molecule has 0 saturated heterocycles. The van der Waals surface area contributed by atoms with Gasteiger partial charge < -0.3 is 8.83 Å². The van der Waals surface area contributed by atoms with E-state index in [9.17, 15) is 4.79 Å². The van der Waals surface area contributed by atoms with E-state index in [1.807, 2.05) is 42.7 Å². The molecule has 31 heavy (non-hydrogen) atoms. The lowest BCUT2D eigenvalue weighted by atomic mass is 10.2. The molecular formula is C20H19ClN6O3S. The lowest BCUT2D eigenvalue weighted by molar-refractivity contribution is -0.113. The summed E-state index contributed by atoms with van der Waals surface area (Å²) in [5, 5.41) is 20.1. The van der Waals surface area contributed by atoms with Gasteiger partial charge in [0.1, 0.15) is 5.76 Å². The molecule has 0 bridgehead atoms. The Kier molecular flexibility index (Phi) is 6.38. The van der Waals surface area contributed by atoms with Gasteiger partial charge in [-0.25, -0.2) is 0 Å². The van der Waals surface area contributed by atoms with Crippen molar-refractivity contribution < 1.29 is 13.6 Å². The van der Waals surface area contributed by atoms with E-state index in [0.29, 0.717) is 28.4 Å². The number of furan rings is 1. The summed E-state index contributed by atoms with van der Waals surface area (Å²) in [7, 11) is 0. The Morgan fingerprint density at radius 2 is 1.97 bits per heavy atom. The Bertz CT molecular complexity index is 1150. The van der Waals surface area contributed by atoms with E-state index in [-0.39, 0.29) is 23.6 Å². The van der Waals surface area contributed by atoms with Gasteiger partial charge in [-0.3, -0.25) is 14.7 Å². The summed E-state index contributed by atoms with van der Waals surface area (Å²) in [6.07, 6.45) is 1.61. The molecule has 160 valence electrons. The minimum Gasteiger partial charge on any atom is -0.467 e. The molecule has 0 aliphatic carbocycles. The van der Waals surface area contributed by atoms with E-state index in [4.69, 9.17) is 20.4 Å². The molecule has 1 aromatic carbocycles. The van der Waals surface area contributed by atoms with E-state index in [0.717, 1.165) is 11.3 Å². The molecule has 4 aromatic rings. The average Bonchev–Trinajstić information content (AvgIpc) is 3.49. The molecule has 3 aromatic heterocycles. The Hall–Kier alpha value is -3.11. The summed E-state index contributed by atoms with van der Waals surface area (Å²) in [6.45, 7) is 4.28. The fourth-order valence-electron chi connectivity index (χ4n) is 2.71. The first-order valence-corrected chi connectivity index (χ1v) is 10.8. The van der Waals surface area contributed by atoms with Gasteiger partial charge in [-0.05, 0) is 36.4 Å². The standard InChI is InChI=1S/C20H19ClN6O3S/c1-12(2)18-24-25-19(30-18)22-16(28)11-31-20-26-23-17(13-5-7-14(21)8-6-13)27(20)10-15-4-3-9-29-15/h3-9,12H,10-11H2,1-2H3,(H,22,25,28). The summed E-state index contributed by atoms with van der Waals surface area (Å²) < 4.78 is 12.8. The van der Waals surface area contributed by atoms with Crippen molar-refractivity contribution in [2.45, 2.75) is 31.5 Å². The van der Waals surface area contributed by atoms with E-state index >= 15 is 0 Å². The van der Waals surface area contributed by atoms with Gasteiger partial charge in [0.05, 0.1) is 18.6 Å². The van der Waals surface area contributed by atoms with Crippen LogP contribution in [0.3, 0.4) is 0 Å². The summed E-state index contributed by atoms with van der Waals surface area (Å²) in [5.41, 5.74) is 0.854. The minimum absolute atomic E-state index is 0.0770. The predicted molar refractivity (Wildman–Crippen MR) is 116 cm³/mol. The quantitative estimate of drug-likeness (QED) is 0.384. The molecule has 11 heteroatoms. The number of halogens is 1. The highest BCUT2D eigenvalue weighted by Crippen LogP contribution is 2.26. The van der Waals surface area contributed by atoms with E-state index in [1.54, 1.807) is 18.4 Å². The van der Waals surface area contributed by atoms with Gasteiger partial charge in [-0.15, -0.1) is 15.3 Å². The van der Waals surface area contributed by atoms with Gasteiger partial charge in [0.25, 0.3) is 0 Å². The smallest absolute Gasteiger partial charge is 0.322 e. The molecule has 0 spiro atoms. The van der Waals surface area contributed by atoms with Crippen molar-refractivity contribution in [2.24, 2.45) is 0 Å². The van der Waals surface area contributed by atoms with E-state index in [2.05, 4.69) is 25.7 Å². The zero-order valence-corrected chi connectivity index (χ0v) is 18.4. The topological polar surface area (TPSA) is 112 Å². The molecule has 4 rings (SSSR count). The van der Waals surface area contributed by atoms with Crippen LogP contribution in [-0.2, 0) is 11.3 Å². The van der Waals surface area contributed by atoms with Crippen LogP contribution in [0.25, 0.3) is 11.4 Å². The number of hydrogen-bond acceptors (Lipinski definition) is 8. The Morgan fingerprint density at radius 3 is 2.65 bits per heavy atom. The molecule has 0 aliphatic heterocycles. The Labute approximate surface area is 187 Å². The number of thioether (sulfide) groups is 1. The number of carbonyl (C=O) groups is 1. The molecule has 3 heterocycles. The van der Waals surface area contributed by atoms with Crippen LogP contribution in [0.2, 0.25) is 5.02 Å². The van der Waals surface area contributed by atoms with Crippen molar-refractivity contribution in [1.82, 2.24) is 25.0 Å². The van der Waals surface area contributed by atoms with Crippen LogP contribution in [0, 0.1) is 0 Å². The zero-order valence-electron chi connectivity index (χ0n) is 16.8. The van der Waals surface area contributed by atoms with Gasteiger partial charge >= 0.3 is 6.01 Å². The maximum Gasteiger partial charge on any atom is 0.322 e. The highest BCUT2D eigenvalue weighted by molar-refractivity contribution is 7.99. The molecule has 0 atom stereocenters. The number of hydrogen-bond donors (Lipinski definition) is 1. The molecular weight excluding hydrogens is 440 g/mol. The highest BCUT2D eigenvalue weighted by atomic mass is 35.5. The van der Waals surface area contributed by atoms with E-state index in [1.165, 1.54) is 11.8 Å². The van der Waals surface area contributed by atoms with Crippen molar-refractivity contribution in [1.29, 1.82) is 0 Å². The first-order valence-electron chi connectivity index (χ1n) is 9.47. The van der Waals surface area contributed by atoms with Crippen LogP contribution in [-0.4, -0.2) is 36.6 Å². The number of amides is 1. The number of nitrogens with one attached hydrogen (secondary N) is 1. The SMILES string of the molecule is CC(C)c1nnc(NC(=O)CSc2nnc(-c3ccc(Cl)cc3)n2Cc2ccco2)o1. The number of anilines is 1. The average molecular weight is 459 g/mol. The molecule has 0 fully saturated rings. The summed E-state index contributed by atoms with van der Waals surface area (Å²) >= 11 is 7.25. The van der Waals surface area contributed by atoms with Crippen LogP contribution in [0.15, 0.2) is 56.7 Å². The molecule has 0 saturated carbocycles. The van der Waals surface area contributed by atoms with Gasteiger partial charge in [-0.2, -0.15) is 0 Å². The molecule has 0 aliphatic rings. The second-order valence-corrected chi connectivity index (χ2v) is 8.29. The van der Waals surface area contributed by atoms with Crippen LogP contribution < -0.4 is 5.32 Å². The van der Waals surface area contributed by atoms with Crippen molar-refractivity contribution in [2.75, 3.05) is 11.1 Å². The molecule has 9 nitrogen and oxygen atoms in total. The van der Waals surface area contributed by atoms with Crippen LogP contribution >= 0.6 is 23.4 Å². The zero-order chi connectivity index (χ0) is 21.8. The normalized spacial score (nSPS) is 11.2. The van der Waals surface area contributed by atoms with Gasteiger partial charge in [0, 0.05) is 16.5 Å². The number of aromatic nitrogens is 5. The number of benzene rings is 1.